The lowest BCUT2D eigenvalue weighted by Gasteiger charge is -2.09. The van der Waals surface area contributed by atoms with E-state index in [1.807, 2.05) is 0 Å². The molecule has 0 N–H and O–H groups in total. The molecule has 0 aliphatic rings. The topological polar surface area (TPSA) is 9.23 Å². The van der Waals surface area contributed by atoms with Crippen LogP contribution in [-0.4, -0.2) is 19.0 Å². The number of rotatable bonds is 8. The molecule has 0 spiro atoms. The molecule has 15 heavy (non-hydrogen) atoms. The third-order valence-corrected chi connectivity index (χ3v) is 3.64. The molecule has 1 aromatic rings. The lowest BCUT2D eigenvalue weighted by molar-refractivity contribution is 0.124. The van der Waals surface area contributed by atoms with Crippen LogP contribution >= 0.6 is 24.0 Å². The highest BCUT2D eigenvalue weighted by atomic mass is 32.1. The van der Waals surface area contributed by atoms with Gasteiger partial charge in [-0.2, -0.15) is 12.6 Å². The highest BCUT2D eigenvalue weighted by Crippen LogP contribution is 2.10. The Morgan fingerprint density at radius 3 is 2.93 bits per heavy atom. The van der Waals surface area contributed by atoms with Gasteiger partial charge in [0.25, 0.3) is 0 Å². The van der Waals surface area contributed by atoms with Crippen molar-refractivity contribution in [3.8, 4) is 0 Å². The Kier molecular flexibility index (Phi) is 7.14. The van der Waals surface area contributed by atoms with Gasteiger partial charge < -0.3 is 4.74 Å². The number of thiol groups is 1. The summed E-state index contributed by atoms with van der Waals surface area (Å²) in [5.41, 5.74) is 0. The van der Waals surface area contributed by atoms with Crippen LogP contribution in [0.3, 0.4) is 0 Å². The standard InChI is InChI=1S/C12H20OS2/c1-11(6-9-14)4-7-13-8-5-12-3-2-10-15-12/h2-3,10-11,14H,4-9H2,1H3. The second kappa shape index (κ2) is 8.20. The third-order valence-electron chi connectivity index (χ3n) is 2.45. The van der Waals surface area contributed by atoms with E-state index in [0.29, 0.717) is 0 Å². The first kappa shape index (κ1) is 13.1. The molecule has 0 fully saturated rings. The van der Waals surface area contributed by atoms with Crippen LogP contribution in [-0.2, 0) is 11.2 Å². The predicted molar refractivity (Wildman–Crippen MR) is 71.1 cm³/mol. The molecule has 1 atom stereocenters. The van der Waals surface area contributed by atoms with Crippen molar-refractivity contribution in [3.05, 3.63) is 22.4 Å². The third kappa shape index (κ3) is 6.23. The molecule has 0 radical (unpaired) electrons. The summed E-state index contributed by atoms with van der Waals surface area (Å²) >= 11 is 6.03. The molecule has 0 aromatic carbocycles. The molecule has 1 nitrogen and oxygen atoms in total. The highest BCUT2D eigenvalue weighted by molar-refractivity contribution is 7.80. The summed E-state index contributed by atoms with van der Waals surface area (Å²) in [6, 6.07) is 4.26. The van der Waals surface area contributed by atoms with Crippen LogP contribution in [0.1, 0.15) is 24.6 Å². The molecule has 0 saturated heterocycles. The zero-order valence-corrected chi connectivity index (χ0v) is 11.0. The number of ether oxygens (including phenoxy) is 1. The van der Waals surface area contributed by atoms with E-state index in [1.165, 1.54) is 11.3 Å². The summed E-state index contributed by atoms with van der Waals surface area (Å²) in [5, 5.41) is 2.12. The van der Waals surface area contributed by atoms with E-state index in [4.69, 9.17) is 4.74 Å². The van der Waals surface area contributed by atoms with E-state index in [9.17, 15) is 0 Å². The Morgan fingerprint density at radius 2 is 2.27 bits per heavy atom. The van der Waals surface area contributed by atoms with Gasteiger partial charge in [0, 0.05) is 17.9 Å². The Hall–Kier alpha value is 0.01000. The van der Waals surface area contributed by atoms with Crippen molar-refractivity contribution >= 4 is 24.0 Å². The average molecular weight is 244 g/mol. The molecule has 3 heteroatoms. The Bertz CT molecular complexity index is 234. The van der Waals surface area contributed by atoms with Gasteiger partial charge in [0.2, 0.25) is 0 Å². The smallest absolute Gasteiger partial charge is 0.0514 e. The molecule has 1 heterocycles. The predicted octanol–water partition coefficient (Wildman–Crippen LogP) is 3.65. The van der Waals surface area contributed by atoms with Crippen molar-refractivity contribution in [3.63, 3.8) is 0 Å². The van der Waals surface area contributed by atoms with Crippen LogP contribution in [0.25, 0.3) is 0 Å². The molecule has 0 aliphatic heterocycles. The minimum Gasteiger partial charge on any atom is -0.381 e. The zero-order valence-electron chi connectivity index (χ0n) is 9.32. The van der Waals surface area contributed by atoms with Crippen LogP contribution in [0, 0.1) is 5.92 Å². The first-order valence-corrected chi connectivity index (χ1v) is 7.05. The van der Waals surface area contributed by atoms with E-state index in [2.05, 4.69) is 37.1 Å². The molecule has 1 rings (SSSR count). The molecular weight excluding hydrogens is 224 g/mol. The number of thiophene rings is 1. The molecule has 0 bridgehead atoms. The van der Waals surface area contributed by atoms with E-state index >= 15 is 0 Å². The van der Waals surface area contributed by atoms with Gasteiger partial charge in [-0.3, -0.25) is 0 Å². The quantitative estimate of drug-likeness (QED) is 0.542. The molecule has 86 valence electrons. The average Bonchev–Trinajstić information content (AvgIpc) is 2.70. The van der Waals surface area contributed by atoms with Gasteiger partial charge in [0.05, 0.1) is 6.61 Å². The van der Waals surface area contributed by atoms with Crippen LogP contribution in [0.15, 0.2) is 17.5 Å². The van der Waals surface area contributed by atoms with Crippen LogP contribution in [0.2, 0.25) is 0 Å². The van der Waals surface area contributed by atoms with Crippen molar-refractivity contribution in [1.82, 2.24) is 0 Å². The van der Waals surface area contributed by atoms with E-state index in [0.717, 1.165) is 37.7 Å². The molecule has 1 aromatic heterocycles. The largest absolute Gasteiger partial charge is 0.381 e. The Balaban J connectivity index is 1.93. The summed E-state index contributed by atoms with van der Waals surface area (Å²) < 4.78 is 5.61. The molecule has 0 aliphatic carbocycles. The monoisotopic (exact) mass is 244 g/mol. The second-order valence-electron chi connectivity index (χ2n) is 3.85. The lowest BCUT2D eigenvalue weighted by Crippen LogP contribution is -2.04. The zero-order chi connectivity index (χ0) is 10.9. The second-order valence-corrected chi connectivity index (χ2v) is 5.33. The number of hydrogen-bond donors (Lipinski definition) is 1. The normalized spacial score (nSPS) is 12.9. The van der Waals surface area contributed by atoms with Crippen molar-refractivity contribution in [2.45, 2.75) is 26.2 Å². The maximum absolute atomic E-state index is 5.61. The van der Waals surface area contributed by atoms with E-state index in [-0.39, 0.29) is 0 Å². The lowest BCUT2D eigenvalue weighted by atomic mass is 10.1. The summed E-state index contributed by atoms with van der Waals surface area (Å²) in [6.07, 6.45) is 3.40. The van der Waals surface area contributed by atoms with Crippen molar-refractivity contribution in [2.75, 3.05) is 19.0 Å². The van der Waals surface area contributed by atoms with E-state index < -0.39 is 0 Å². The Morgan fingerprint density at radius 1 is 1.40 bits per heavy atom. The van der Waals surface area contributed by atoms with Crippen molar-refractivity contribution in [2.24, 2.45) is 5.92 Å². The fourth-order valence-corrected chi connectivity index (χ4v) is 2.51. The van der Waals surface area contributed by atoms with Crippen molar-refractivity contribution < 1.29 is 4.74 Å². The minimum atomic E-state index is 0.740. The van der Waals surface area contributed by atoms with Crippen molar-refractivity contribution in [1.29, 1.82) is 0 Å². The maximum atomic E-state index is 5.61. The molecule has 1 unspecified atom stereocenters. The highest BCUT2D eigenvalue weighted by Gasteiger charge is 2.00. The van der Waals surface area contributed by atoms with Gasteiger partial charge >= 0.3 is 0 Å². The Labute approximate surface area is 102 Å². The summed E-state index contributed by atoms with van der Waals surface area (Å²) in [6.45, 7) is 4.01. The summed E-state index contributed by atoms with van der Waals surface area (Å²) in [4.78, 5) is 1.42. The first-order chi connectivity index (χ1) is 7.33. The minimum absolute atomic E-state index is 0.740. The van der Waals surface area contributed by atoms with Crippen LogP contribution in [0.5, 0.6) is 0 Å². The molecular formula is C12H20OS2. The van der Waals surface area contributed by atoms with E-state index in [1.54, 1.807) is 11.3 Å². The fourth-order valence-electron chi connectivity index (χ4n) is 1.38. The van der Waals surface area contributed by atoms with Gasteiger partial charge in [0.15, 0.2) is 0 Å². The van der Waals surface area contributed by atoms with Crippen LogP contribution in [0.4, 0.5) is 0 Å². The van der Waals surface area contributed by atoms with Gasteiger partial charge in [-0.1, -0.05) is 13.0 Å². The van der Waals surface area contributed by atoms with Crippen LogP contribution < -0.4 is 0 Å². The van der Waals surface area contributed by atoms with Gasteiger partial charge in [-0.25, -0.2) is 0 Å². The fraction of sp³-hybridized carbons (Fsp3) is 0.667. The maximum Gasteiger partial charge on any atom is 0.0514 e. The van der Waals surface area contributed by atoms with Gasteiger partial charge in [0.1, 0.15) is 0 Å². The van der Waals surface area contributed by atoms with Gasteiger partial charge in [-0.15, -0.1) is 11.3 Å². The van der Waals surface area contributed by atoms with Gasteiger partial charge in [-0.05, 0) is 36.0 Å². The molecule has 0 amide bonds. The number of hydrogen-bond acceptors (Lipinski definition) is 3. The summed E-state index contributed by atoms with van der Waals surface area (Å²) in [5.74, 6) is 1.72. The first-order valence-electron chi connectivity index (χ1n) is 5.54. The SMILES string of the molecule is CC(CCS)CCOCCc1cccs1. The summed E-state index contributed by atoms with van der Waals surface area (Å²) in [7, 11) is 0. The molecule has 0 saturated carbocycles.